The maximum atomic E-state index is 5.67. The number of ether oxygens (including phenoxy) is 2. The van der Waals surface area contributed by atoms with Crippen LogP contribution in [-0.2, 0) is 0 Å². The molecule has 82 valence electrons. The molecule has 0 aromatic heterocycles. The molecule has 0 amide bonds. The number of hydrogen-bond acceptors (Lipinski definition) is 2. The highest BCUT2D eigenvalue weighted by molar-refractivity contribution is 5.33. The van der Waals surface area contributed by atoms with Gasteiger partial charge in [-0.3, -0.25) is 0 Å². The zero-order valence-corrected chi connectivity index (χ0v) is 9.40. The third-order valence-electron chi connectivity index (χ3n) is 2.36. The third kappa shape index (κ3) is 3.46. The summed E-state index contributed by atoms with van der Waals surface area (Å²) in [4.78, 5) is 0. The molecule has 2 rings (SSSR count). The fourth-order valence-corrected chi connectivity index (χ4v) is 1.41. The number of benzene rings is 1. The van der Waals surface area contributed by atoms with Gasteiger partial charge in [-0.15, -0.1) is 0 Å². The molecule has 1 aliphatic rings. The number of hydrogen-bond donors (Lipinski definition) is 0. The van der Waals surface area contributed by atoms with Gasteiger partial charge in [0.2, 0.25) is 0 Å². The van der Waals surface area contributed by atoms with Crippen LogP contribution >= 0.6 is 0 Å². The first-order valence-corrected chi connectivity index (χ1v) is 5.63. The smallest absolute Gasteiger partial charge is 0.123 e. The Morgan fingerprint density at radius 1 is 1.27 bits per heavy atom. The summed E-state index contributed by atoms with van der Waals surface area (Å²) in [6, 6.07) is 7.88. The molecule has 1 fully saturated rings. The van der Waals surface area contributed by atoms with Crippen LogP contribution in [0.4, 0.5) is 0 Å². The van der Waals surface area contributed by atoms with Gasteiger partial charge in [0.1, 0.15) is 11.5 Å². The lowest BCUT2D eigenvalue weighted by Gasteiger charge is -2.11. The molecule has 0 aliphatic heterocycles. The second-order valence-electron chi connectivity index (χ2n) is 4.40. The quantitative estimate of drug-likeness (QED) is 0.736. The van der Waals surface area contributed by atoms with E-state index in [1.807, 2.05) is 38.1 Å². The molecule has 1 aromatic carbocycles. The first-order valence-electron chi connectivity index (χ1n) is 5.63. The van der Waals surface area contributed by atoms with E-state index in [0.717, 1.165) is 24.0 Å². The van der Waals surface area contributed by atoms with Crippen molar-refractivity contribution in [1.29, 1.82) is 0 Å². The topological polar surface area (TPSA) is 18.5 Å². The lowest BCUT2D eigenvalue weighted by Crippen LogP contribution is -2.05. The van der Waals surface area contributed by atoms with Crippen LogP contribution in [0.3, 0.4) is 0 Å². The van der Waals surface area contributed by atoms with Gasteiger partial charge in [0.25, 0.3) is 0 Å². The van der Waals surface area contributed by atoms with E-state index < -0.39 is 0 Å². The van der Waals surface area contributed by atoms with Gasteiger partial charge in [0.05, 0.1) is 12.7 Å². The van der Waals surface area contributed by atoms with Gasteiger partial charge in [-0.2, -0.15) is 0 Å². The molecule has 15 heavy (non-hydrogen) atoms. The molecule has 0 N–H and O–H groups in total. The largest absolute Gasteiger partial charge is 0.493 e. The monoisotopic (exact) mass is 206 g/mol. The van der Waals surface area contributed by atoms with Crippen LogP contribution in [0.1, 0.15) is 26.7 Å². The van der Waals surface area contributed by atoms with Crippen LogP contribution in [0, 0.1) is 5.92 Å². The van der Waals surface area contributed by atoms with Gasteiger partial charge in [0.15, 0.2) is 0 Å². The van der Waals surface area contributed by atoms with Crippen molar-refractivity contribution in [1.82, 2.24) is 0 Å². The molecule has 2 heteroatoms. The van der Waals surface area contributed by atoms with E-state index in [0.29, 0.717) is 0 Å². The van der Waals surface area contributed by atoms with Gasteiger partial charge in [-0.25, -0.2) is 0 Å². The van der Waals surface area contributed by atoms with Gasteiger partial charge >= 0.3 is 0 Å². The number of rotatable bonds is 5. The molecule has 2 nitrogen and oxygen atoms in total. The van der Waals surface area contributed by atoms with Crippen molar-refractivity contribution in [2.75, 3.05) is 6.61 Å². The van der Waals surface area contributed by atoms with Gasteiger partial charge in [-0.05, 0) is 44.7 Å². The molecule has 0 unspecified atom stereocenters. The van der Waals surface area contributed by atoms with Crippen LogP contribution in [0.5, 0.6) is 11.5 Å². The highest BCUT2D eigenvalue weighted by Gasteiger charge is 2.21. The first-order chi connectivity index (χ1) is 7.24. The average Bonchev–Trinajstić information content (AvgIpc) is 2.97. The first kappa shape index (κ1) is 10.3. The van der Waals surface area contributed by atoms with Crippen LogP contribution in [0.15, 0.2) is 24.3 Å². The van der Waals surface area contributed by atoms with Crippen molar-refractivity contribution < 1.29 is 9.47 Å². The molecular weight excluding hydrogens is 188 g/mol. The molecule has 1 aromatic rings. The van der Waals surface area contributed by atoms with Crippen LogP contribution < -0.4 is 9.47 Å². The predicted octanol–water partition coefficient (Wildman–Crippen LogP) is 3.26. The van der Waals surface area contributed by atoms with E-state index in [4.69, 9.17) is 9.47 Å². The Labute approximate surface area is 91.2 Å². The van der Waals surface area contributed by atoms with Crippen molar-refractivity contribution in [3.05, 3.63) is 24.3 Å². The van der Waals surface area contributed by atoms with Crippen molar-refractivity contribution in [2.24, 2.45) is 5.92 Å². The van der Waals surface area contributed by atoms with Crippen molar-refractivity contribution in [2.45, 2.75) is 32.8 Å². The lowest BCUT2D eigenvalue weighted by molar-refractivity contribution is 0.239. The maximum Gasteiger partial charge on any atom is 0.123 e. The Hall–Kier alpha value is -1.18. The minimum absolute atomic E-state index is 0.212. The summed E-state index contributed by atoms with van der Waals surface area (Å²) >= 11 is 0. The molecule has 1 saturated carbocycles. The summed E-state index contributed by atoms with van der Waals surface area (Å²) < 4.78 is 11.3. The molecular formula is C13H18O2. The fraction of sp³-hybridized carbons (Fsp3) is 0.538. The summed E-state index contributed by atoms with van der Waals surface area (Å²) in [7, 11) is 0. The molecule has 1 aliphatic carbocycles. The maximum absolute atomic E-state index is 5.67. The zero-order chi connectivity index (χ0) is 10.7. The summed E-state index contributed by atoms with van der Waals surface area (Å²) in [5.74, 6) is 2.60. The van der Waals surface area contributed by atoms with Gasteiger partial charge < -0.3 is 9.47 Å². The summed E-state index contributed by atoms with van der Waals surface area (Å²) in [5, 5.41) is 0. The Morgan fingerprint density at radius 2 is 2.00 bits per heavy atom. The van der Waals surface area contributed by atoms with Crippen molar-refractivity contribution in [3.8, 4) is 11.5 Å². The Morgan fingerprint density at radius 3 is 2.67 bits per heavy atom. The predicted molar refractivity (Wildman–Crippen MR) is 60.4 cm³/mol. The van der Waals surface area contributed by atoms with Gasteiger partial charge in [-0.1, -0.05) is 6.07 Å². The van der Waals surface area contributed by atoms with E-state index in [1.165, 1.54) is 12.8 Å². The van der Waals surface area contributed by atoms with Gasteiger partial charge in [0, 0.05) is 6.07 Å². The molecule has 0 heterocycles. The van der Waals surface area contributed by atoms with E-state index >= 15 is 0 Å². The zero-order valence-electron chi connectivity index (χ0n) is 9.40. The van der Waals surface area contributed by atoms with Crippen molar-refractivity contribution >= 4 is 0 Å². The Bertz CT molecular complexity index is 316. The normalized spacial score (nSPS) is 15.4. The van der Waals surface area contributed by atoms with E-state index in [9.17, 15) is 0 Å². The minimum atomic E-state index is 0.212. The van der Waals surface area contributed by atoms with Crippen LogP contribution in [-0.4, -0.2) is 12.7 Å². The molecule has 0 saturated heterocycles. The molecule has 0 radical (unpaired) electrons. The highest BCUT2D eigenvalue weighted by atomic mass is 16.5. The SMILES string of the molecule is CC(C)Oc1cccc(OCC2CC2)c1. The molecule has 0 bridgehead atoms. The third-order valence-corrected chi connectivity index (χ3v) is 2.36. The minimum Gasteiger partial charge on any atom is -0.493 e. The summed E-state index contributed by atoms with van der Waals surface area (Å²) in [6.45, 7) is 4.90. The van der Waals surface area contributed by atoms with Crippen LogP contribution in [0.2, 0.25) is 0 Å². The van der Waals surface area contributed by atoms with Crippen LogP contribution in [0.25, 0.3) is 0 Å². The van der Waals surface area contributed by atoms with E-state index in [-0.39, 0.29) is 6.10 Å². The average molecular weight is 206 g/mol. The highest BCUT2D eigenvalue weighted by Crippen LogP contribution is 2.30. The molecule has 0 spiro atoms. The second-order valence-corrected chi connectivity index (χ2v) is 4.40. The van der Waals surface area contributed by atoms with E-state index in [2.05, 4.69) is 0 Å². The Balaban J connectivity index is 1.91. The summed E-state index contributed by atoms with van der Waals surface area (Å²) in [6.07, 6.45) is 2.85. The van der Waals surface area contributed by atoms with Crippen molar-refractivity contribution in [3.63, 3.8) is 0 Å². The second kappa shape index (κ2) is 4.56. The molecule has 0 atom stereocenters. The fourth-order valence-electron chi connectivity index (χ4n) is 1.41. The Kier molecular flexibility index (Phi) is 3.14. The standard InChI is InChI=1S/C13H18O2/c1-10(2)15-13-5-3-4-12(8-13)14-9-11-6-7-11/h3-5,8,10-11H,6-7,9H2,1-2H3. The van der Waals surface area contributed by atoms with E-state index in [1.54, 1.807) is 0 Å². The lowest BCUT2D eigenvalue weighted by atomic mass is 10.3. The summed E-state index contributed by atoms with van der Waals surface area (Å²) in [5.41, 5.74) is 0.